The molecule has 0 aliphatic carbocycles. The topological polar surface area (TPSA) is 111 Å². The number of unbranched alkanes of at least 4 members (excludes halogenated alkanes) is 20. The Labute approximate surface area is 301 Å². The van der Waals surface area contributed by atoms with Gasteiger partial charge in [0.15, 0.2) is 6.10 Å². The number of hydrogen-bond donors (Lipinski definition) is 0. The van der Waals surface area contributed by atoms with Crippen LogP contribution in [0.1, 0.15) is 174 Å². The summed E-state index contributed by atoms with van der Waals surface area (Å²) in [6.45, 7) is 4.18. The first-order valence-electron chi connectivity index (χ1n) is 19.9. The minimum Gasteiger partial charge on any atom is -0.756 e. The van der Waals surface area contributed by atoms with Crippen LogP contribution in [0.3, 0.4) is 0 Å². The van der Waals surface area contributed by atoms with E-state index in [0.717, 1.165) is 44.9 Å². The molecule has 2 atom stereocenters. The normalized spacial score (nSPS) is 13.8. The number of rotatable bonds is 36. The minimum atomic E-state index is -4.61. The lowest BCUT2D eigenvalue weighted by molar-refractivity contribution is -0.870. The average molecular weight is 718 g/mol. The summed E-state index contributed by atoms with van der Waals surface area (Å²) in [4.78, 5) is 37.2. The smallest absolute Gasteiger partial charge is 0.306 e. The van der Waals surface area contributed by atoms with E-state index >= 15 is 0 Å². The molecule has 0 spiro atoms. The van der Waals surface area contributed by atoms with Crippen molar-refractivity contribution in [1.82, 2.24) is 0 Å². The van der Waals surface area contributed by atoms with Gasteiger partial charge in [-0.2, -0.15) is 0 Å². The Hall–Kier alpha value is -1.25. The first kappa shape index (κ1) is 47.8. The van der Waals surface area contributed by atoms with Gasteiger partial charge in [0.2, 0.25) is 0 Å². The molecule has 0 radical (unpaired) electrons. The van der Waals surface area contributed by atoms with Crippen LogP contribution in [0.2, 0.25) is 0 Å². The molecule has 10 heteroatoms. The second-order valence-corrected chi connectivity index (χ2v) is 16.1. The summed E-state index contributed by atoms with van der Waals surface area (Å²) in [6.07, 6.45) is 31.0. The molecule has 9 nitrogen and oxygen atoms in total. The molecule has 0 aromatic carbocycles. The number of carbonyl (C=O) groups is 2. The van der Waals surface area contributed by atoms with Gasteiger partial charge in [-0.1, -0.05) is 135 Å². The third kappa shape index (κ3) is 36.3. The van der Waals surface area contributed by atoms with Crippen molar-refractivity contribution in [2.24, 2.45) is 0 Å². The van der Waals surface area contributed by atoms with Crippen LogP contribution < -0.4 is 4.89 Å². The van der Waals surface area contributed by atoms with Crippen molar-refractivity contribution in [2.75, 3.05) is 47.5 Å². The maximum absolute atomic E-state index is 12.6. The Balaban J connectivity index is 4.34. The van der Waals surface area contributed by atoms with Crippen molar-refractivity contribution >= 4 is 19.8 Å². The quantitative estimate of drug-likeness (QED) is 0.0207. The monoisotopic (exact) mass is 718 g/mol. The van der Waals surface area contributed by atoms with Crippen molar-refractivity contribution < 1.29 is 42.1 Å². The third-order valence-corrected chi connectivity index (χ3v) is 9.50. The fraction of sp³-hybridized carbons (Fsp3) is 0.897. The molecule has 1 unspecified atom stereocenters. The van der Waals surface area contributed by atoms with E-state index in [1.165, 1.54) is 96.3 Å². The van der Waals surface area contributed by atoms with Crippen LogP contribution in [0.5, 0.6) is 0 Å². The van der Waals surface area contributed by atoms with Crippen molar-refractivity contribution in [1.29, 1.82) is 0 Å². The van der Waals surface area contributed by atoms with Gasteiger partial charge in [0.05, 0.1) is 27.7 Å². The van der Waals surface area contributed by atoms with Gasteiger partial charge in [-0.05, 0) is 38.5 Å². The zero-order valence-electron chi connectivity index (χ0n) is 32.4. The molecule has 0 bridgehead atoms. The lowest BCUT2D eigenvalue weighted by Gasteiger charge is -2.28. The van der Waals surface area contributed by atoms with Gasteiger partial charge < -0.3 is 27.9 Å². The highest BCUT2D eigenvalue weighted by molar-refractivity contribution is 7.45. The maximum atomic E-state index is 12.6. The summed E-state index contributed by atoms with van der Waals surface area (Å²) in [5.41, 5.74) is 0. The maximum Gasteiger partial charge on any atom is 0.306 e. The van der Waals surface area contributed by atoms with E-state index < -0.39 is 26.5 Å². The molecule has 290 valence electrons. The van der Waals surface area contributed by atoms with E-state index in [1.54, 1.807) is 0 Å². The standard InChI is InChI=1S/C39H76NO8P/c1-6-8-10-12-14-16-17-18-19-20-21-22-23-24-26-28-30-32-39(42)48-37(36-47-49(43,44)46-34-33-40(3,4)5)35-45-38(41)31-29-27-25-15-13-11-9-7-2/h18-19,37H,6-17,20-36H2,1-5H3/b19-18+/t37-/m1/s1. The Morgan fingerprint density at radius 3 is 1.51 bits per heavy atom. The van der Waals surface area contributed by atoms with Crippen molar-refractivity contribution in [3.8, 4) is 0 Å². The van der Waals surface area contributed by atoms with Gasteiger partial charge in [0, 0.05) is 12.8 Å². The predicted molar refractivity (Wildman–Crippen MR) is 199 cm³/mol. The van der Waals surface area contributed by atoms with Crippen molar-refractivity contribution in [3.63, 3.8) is 0 Å². The number of phosphoric acid groups is 1. The summed E-state index contributed by atoms with van der Waals surface area (Å²) in [5.74, 6) is -0.840. The van der Waals surface area contributed by atoms with E-state index in [0.29, 0.717) is 17.4 Å². The number of nitrogens with zero attached hydrogens (tertiary/aromatic N) is 1. The number of hydrogen-bond acceptors (Lipinski definition) is 8. The lowest BCUT2D eigenvalue weighted by atomic mass is 10.1. The summed E-state index contributed by atoms with van der Waals surface area (Å²) < 4.78 is 33.7. The first-order chi connectivity index (χ1) is 23.5. The Morgan fingerprint density at radius 1 is 0.612 bits per heavy atom. The molecule has 0 fully saturated rings. The lowest BCUT2D eigenvalue weighted by Crippen LogP contribution is -2.37. The van der Waals surface area contributed by atoms with E-state index in [-0.39, 0.29) is 32.0 Å². The molecule has 0 aliphatic heterocycles. The molecule has 0 rings (SSSR count). The zero-order chi connectivity index (χ0) is 36.5. The zero-order valence-corrected chi connectivity index (χ0v) is 33.3. The number of carbonyl (C=O) groups excluding carboxylic acids is 2. The van der Waals surface area contributed by atoms with E-state index in [4.69, 9.17) is 18.5 Å². The van der Waals surface area contributed by atoms with Gasteiger partial charge in [-0.15, -0.1) is 0 Å². The number of phosphoric ester groups is 1. The molecular weight excluding hydrogens is 641 g/mol. The molecule has 0 saturated heterocycles. The fourth-order valence-corrected chi connectivity index (χ4v) is 6.08. The molecular formula is C39H76NO8P. The highest BCUT2D eigenvalue weighted by atomic mass is 31.2. The average Bonchev–Trinajstić information content (AvgIpc) is 3.04. The molecule has 0 amide bonds. The van der Waals surface area contributed by atoms with Crippen LogP contribution in [0.25, 0.3) is 0 Å². The number of ether oxygens (including phenoxy) is 2. The summed E-state index contributed by atoms with van der Waals surface area (Å²) in [7, 11) is 1.17. The van der Waals surface area contributed by atoms with Crippen LogP contribution in [-0.4, -0.2) is 70.0 Å². The van der Waals surface area contributed by atoms with Crippen LogP contribution in [0.15, 0.2) is 12.2 Å². The number of allylic oxidation sites excluding steroid dienone is 2. The Morgan fingerprint density at radius 2 is 1.04 bits per heavy atom. The summed E-state index contributed by atoms with van der Waals surface area (Å²) in [6, 6.07) is 0. The summed E-state index contributed by atoms with van der Waals surface area (Å²) >= 11 is 0. The highest BCUT2D eigenvalue weighted by Gasteiger charge is 2.21. The van der Waals surface area contributed by atoms with E-state index in [9.17, 15) is 19.0 Å². The van der Waals surface area contributed by atoms with Crippen molar-refractivity contribution in [2.45, 2.75) is 180 Å². The Bertz CT molecular complexity index is 860. The summed E-state index contributed by atoms with van der Waals surface area (Å²) in [5, 5.41) is 0. The van der Waals surface area contributed by atoms with Crippen LogP contribution in [-0.2, 0) is 32.7 Å². The van der Waals surface area contributed by atoms with Crippen LogP contribution in [0, 0.1) is 0 Å². The molecule has 0 heterocycles. The second kappa shape index (κ2) is 32.6. The molecule has 0 saturated carbocycles. The fourth-order valence-electron chi connectivity index (χ4n) is 5.35. The highest BCUT2D eigenvalue weighted by Crippen LogP contribution is 2.38. The van der Waals surface area contributed by atoms with Gasteiger partial charge in [-0.3, -0.25) is 14.2 Å². The van der Waals surface area contributed by atoms with Gasteiger partial charge in [0.25, 0.3) is 7.82 Å². The number of quaternary nitrogens is 1. The van der Waals surface area contributed by atoms with Crippen LogP contribution in [0.4, 0.5) is 0 Å². The van der Waals surface area contributed by atoms with Gasteiger partial charge in [0.1, 0.15) is 19.8 Å². The second-order valence-electron chi connectivity index (χ2n) is 14.7. The molecule has 0 N–H and O–H groups in total. The first-order valence-corrected chi connectivity index (χ1v) is 21.4. The Kier molecular flexibility index (Phi) is 31.8. The predicted octanol–water partition coefficient (Wildman–Crippen LogP) is 10.00. The minimum absolute atomic E-state index is 0.0291. The van der Waals surface area contributed by atoms with Crippen molar-refractivity contribution in [3.05, 3.63) is 12.2 Å². The molecule has 0 aliphatic rings. The number of esters is 2. The molecule has 0 aromatic rings. The molecule has 49 heavy (non-hydrogen) atoms. The van der Waals surface area contributed by atoms with E-state index in [1.807, 2.05) is 21.1 Å². The van der Waals surface area contributed by atoms with Crippen LogP contribution >= 0.6 is 7.82 Å². The van der Waals surface area contributed by atoms with Gasteiger partial charge >= 0.3 is 11.9 Å². The largest absolute Gasteiger partial charge is 0.756 e. The third-order valence-electron chi connectivity index (χ3n) is 8.54. The SMILES string of the molecule is CCCCCCCC/C=C/CCCCCCCCCC(=O)O[C@H](COC(=O)CCCCCCCCCC)COP(=O)([O-])OCC[N+](C)(C)C. The van der Waals surface area contributed by atoms with Gasteiger partial charge in [-0.25, -0.2) is 0 Å². The van der Waals surface area contributed by atoms with E-state index in [2.05, 4.69) is 26.0 Å². The number of likely N-dealkylation sites (N-methyl/N-ethyl adjacent to an activating group) is 1. The molecule has 0 aromatic heterocycles.